The van der Waals surface area contributed by atoms with Crippen LogP contribution in [-0.4, -0.2) is 6.79 Å². The second-order valence-corrected chi connectivity index (χ2v) is 5.93. The van der Waals surface area contributed by atoms with Gasteiger partial charge in [-0.05, 0) is 31.2 Å². The van der Waals surface area contributed by atoms with Gasteiger partial charge in [-0.2, -0.15) is 0 Å². The van der Waals surface area contributed by atoms with E-state index in [2.05, 4.69) is 31.2 Å². The summed E-state index contributed by atoms with van der Waals surface area (Å²) in [5.74, 6) is 1.78. The molecule has 0 bridgehead atoms. The fourth-order valence-corrected chi connectivity index (χ4v) is 3.09. The zero-order valence-corrected chi connectivity index (χ0v) is 12.2. The normalized spacial score (nSPS) is 13.7. The lowest BCUT2D eigenvalue weighted by atomic mass is 10.1. The van der Waals surface area contributed by atoms with Gasteiger partial charge in [0.1, 0.15) is 5.75 Å². The minimum absolute atomic E-state index is 0.319. The molecular weight excluding hydrogens is 270 g/mol. The van der Waals surface area contributed by atoms with Crippen molar-refractivity contribution in [2.24, 2.45) is 0 Å². The van der Waals surface area contributed by atoms with Crippen molar-refractivity contribution in [3.63, 3.8) is 0 Å². The zero-order chi connectivity index (χ0) is 13.9. The Labute approximate surface area is 123 Å². The number of anilines is 1. The average Bonchev–Trinajstić information content (AvgIpc) is 2.46. The molecule has 0 atom stereocenters. The van der Waals surface area contributed by atoms with Gasteiger partial charge in [0.05, 0.1) is 6.61 Å². The summed E-state index contributed by atoms with van der Waals surface area (Å²) in [6, 6.07) is 12.5. The quantitative estimate of drug-likeness (QED) is 0.690. The van der Waals surface area contributed by atoms with Crippen LogP contribution in [0, 0.1) is 6.92 Å². The number of nitrogen functional groups attached to an aromatic ring is 1. The lowest BCUT2D eigenvalue weighted by Crippen LogP contribution is -2.13. The van der Waals surface area contributed by atoms with Crippen LogP contribution in [0.4, 0.5) is 5.69 Å². The van der Waals surface area contributed by atoms with Crippen LogP contribution in [0.2, 0.25) is 0 Å². The zero-order valence-electron chi connectivity index (χ0n) is 11.4. The fraction of sp³-hybridized carbons (Fsp3) is 0.250. The fourth-order valence-electron chi connectivity index (χ4n) is 2.23. The molecule has 0 aliphatic carbocycles. The molecule has 2 N–H and O–H groups in total. The molecule has 3 rings (SSSR count). The Balaban J connectivity index is 1.80. The summed E-state index contributed by atoms with van der Waals surface area (Å²) in [5.41, 5.74) is 10.2. The van der Waals surface area contributed by atoms with Crippen molar-refractivity contribution in [1.29, 1.82) is 0 Å². The Bertz CT molecular complexity index is 611. The number of hydrogen-bond donors (Lipinski definition) is 1. The van der Waals surface area contributed by atoms with Gasteiger partial charge in [-0.3, -0.25) is 0 Å². The third-order valence-corrected chi connectivity index (χ3v) is 4.29. The first-order valence-corrected chi connectivity index (χ1v) is 7.52. The van der Waals surface area contributed by atoms with Gasteiger partial charge in [-0.25, -0.2) is 0 Å². The average molecular weight is 287 g/mol. The molecule has 4 heteroatoms. The highest BCUT2D eigenvalue weighted by Crippen LogP contribution is 2.34. The first-order valence-electron chi connectivity index (χ1n) is 6.53. The second kappa shape index (κ2) is 5.77. The molecule has 0 aromatic heterocycles. The third kappa shape index (κ3) is 2.92. The molecule has 104 valence electrons. The molecule has 3 nitrogen and oxygen atoms in total. The maximum Gasteiger partial charge on any atom is 0.189 e. The number of thioether (sulfide) groups is 1. The van der Waals surface area contributed by atoms with Gasteiger partial charge in [0.15, 0.2) is 6.79 Å². The van der Waals surface area contributed by atoms with Crippen LogP contribution in [0.3, 0.4) is 0 Å². The Kier molecular flexibility index (Phi) is 3.85. The van der Waals surface area contributed by atoms with Crippen molar-refractivity contribution in [2.75, 3.05) is 12.5 Å². The molecule has 0 unspecified atom stereocenters. The van der Waals surface area contributed by atoms with Gasteiger partial charge in [0.25, 0.3) is 0 Å². The summed E-state index contributed by atoms with van der Waals surface area (Å²) >= 11 is 1.79. The second-order valence-electron chi connectivity index (χ2n) is 4.88. The smallest absolute Gasteiger partial charge is 0.189 e. The van der Waals surface area contributed by atoms with E-state index in [0.29, 0.717) is 13.4 Å². The third-order valence-electron chi connectivity index (χ3n) is 3.22. The minimum Gasteiger partial charge on any atom is -0.467 e. The molecule has 0 radical (unpaired) electrons. The van der Waals surface area contributed by atoms with Crippen LogP contribution < -0.4 is 10.5 Å². The van der Waals surface area contributed by atoms with Crippen molar-refractivity contribution in [1.82, 2.24) is 0 Å². The van der Waals surface area contributed by atoms with Crippen molar-refractivity contribution in [3.05, 3.63) is 53.1 Å². The largest absolute Gasteiger partial charge is 0.467 e. The summed E-state index contributed by atoms with van der Waals surface area (Å²) in [7, 11) is 0. The van der Waals surface area contributed by atoms with E-state index in [0.717, 1.165) is 28.3 Å². The Morgan fingerprint density at radius 1 is 1.20 bits per heavy atom. The molecule has 0 spiro atoms. The molecule has 0 saturated carbocycles. The molecular formula is C16H17NO2S. The van der Waals surface area contributed by atoms with Crippen LogP contribution in [0.15, 0.2) is 41.3 Å². The molecule has 1 aliphatic heterocycles. The molecule has 0 saturated heterocycles. The standard InChI is InChI=1S/C16H17NO2S/c1-11-2-4-15(5-3-11)20-9-13-7-14(17)6-12-8-18-10-19-16(12)13/h2-7H,8-10,17H2,1H3. The highest BCUT2D eigenvalue weighted by molar-refractivity contribution is 7.98. The summed E-state index contributed by atoms with van der Waals surface area (Å²) in [5, 5.41) is 0. The number of ether oxygens (including phenoxy) is 2. The highest BCUT2D eigenvalue weighted by Gasteiger charge is 2.16. The van der Waals surface area contributed by atoms with Gasteiger partial charge in [-0.1, -0.05) is 17.7 Å². The molecule has 2 aromatic carbocycles. The van der Waals surface area contributed by atoms with Crippen LogP contribution in [0.1, 0.15) is 16.7 Å². The summed E-state index contributed by atoms with van der Waals surface area (Å²) in [4.78, 5) is 1.25. The van der Waals surface area contributed by atoms with E-state index in [1.165, 1.54) is 10.5 Å². The molecule has 1 heterocycles. The number of aryl methyl sites for hydroxylation is 1. The van der Waals surface area contributed by atoms with Gasteiger partial charge >= 0.3 is 0 Å². The molecule has 20 heavy (non-hydrogen) atoms. The first kappa shape index (κ1) is 13.3. The number of rotatable bonds is 3. The number of hydrogen-bond acceptors (Lipinski definition) is 4. The van der Waals surface area contributed by atoms with E-state index < -0.39 is 0 Å². The van der Waals surface area contributed by atoms with Crippen LogP contribution in [0.5, 0.6) is 5.75 Å². The maximum absolute atomic E-state index is 5.95. The number of fused-ring (bicyclic) bond motifs is 1. The van der Waals surface area contributed by atoms with E-state index in [1.54, 1.807) is 11.8 Å². The lowest BCUT2D eigenvalue weighted by Gasteiger charge is -2.21. The van der Waals surface area contributed by atoms with Gasteiger partial charge in [0, 0.05) is 27.5 Å². The monoisotopic (exact) mass is 287 g/mol. The summed E-state index contributed by atoms with van der Waals surface area (Å²) in [6.07, 6.45) is 0. The topological polar surface area (TPSA) is 44.5 Å². The minimum atomic E-state index is 0.319. The Morgan fingerprint density at radius 3 is 2.80 bits per heavy atom. The van der Waals surface area contributed by atoms with E-state index in [4.69, 9.17) is 15.2 Å². The summed E-state index contributed by atoms with van der Waals surface area (Å²) in [6.45, 7) is 2.98. The van der Waals surface area contributed by atoms with E-state index >= 15 is 0 Å². The van der Waals surface area contributed by atoms with Gasteiger partial charge < -0.3 is 15.2 Å². The molecule has 0 fully saturated rings. The molecule has 0 amide bonds. The van der Waals surface area contributed by atoms with Gasteiger partial charge in [-0.15, -0.1) is 11.8 Å². The predicted molar refractivity (Wildman–Crippen MR) is 81.9 cm³/mol. The first-order chi connectivity index (χ1) is 9.72. The number of benzene rings is 2. The lowest BCUT2D eigenvalue weighted by molar-refractivity contribution is -0.0168. The van der Waals surface area contributed by atoms with Crippen LogP contribution in [0.25, 0.3) is 0 Å². The molecule has 2 aromatic rings. The molecule has 1 aliphatic rings. The SMILES string of the molecule is Cc1ccc(SCc2cc(N)cc3c2OCOC3)cc1. The maximum atomic E-state index is 5.95. The van der Waals surface area contributed by atoms with Crippen molar-refractivity contribution in [2.45, 2.75) is 24.2 Å². The summed E-state index contributed by atoms with van der Waals surface area (Å²) < 4.78 is 10.9. The van der Waals surface area contributed by atoms with E-state index in [9.17, 15) is 0 Å². The van der Waals surface area contributed by atoms with Crippen LogP contribution >= 0.6 is 11.8 Å². The Morgan fingerprint density at radius 2 is 2.00 bits per heavy atom. The van der Waals surface area contributed by atoms with Crippen molar-refractivity contribution >= 4 is 17.4 Å². The van der Waals surface area contributed by atoms with E-state index in [-0.39, 0.29) is 0 Å². The highest BCUT2D eigenvalue weighted by atomic mass is 32.2. The van der Waals surface area contributed by atoms with Crippen molar-refractivity contribution in [3.8, 4) is 5.75 Å². The van der Waals surface area contributed by atoms with Crippen LogP contribution in [-0.2, 0) is 17.1 Å². The van der Waals surface area contributed by atoms with Crippen molar-refractivity contribution < 1.29 is 9.47 Å². The number of nitrogens with two attached hydrogens (primary N) is 1. The van der Waals surface area contributed by atoms with Gasteiger partial charge in [0.2, 0.25) is 0 Å². The van der Waals surface area contributed by atoms with E-state index in [1.807, 2.05) is 12.1 Å². The predicted octanol–water partition coefficient (Wildman–Crippen LogP) is 3.74. The Hall–Kier alpha value is -1.65.